The number of furan rings is 2. The van der Waals surface area contributed by atoms with Crippen molar-refractivity contribution in [3.05, 3.63) is 76.2 Å². The lowest BCUT2D eigenvalue weighted by molar-refractivity contribution is 0.499. The minimum atomic E-state index is -0.843. The molecule has 0 aliphatic carbocycles. The molecule has 0 radical (unpaired) electrons. The van der Waals surface area contributed by atoms with Gasteiger partial charge in [0.1, 0.15) is 11.2 Å². The Hall–Kier alpha value is -3.81. The summed E-state index contributed by atoms with van der Waals surface area (Å²) in [6.07, 6.45) is 0. The van der Waals surface area contributed by atoms with Crippen LogP contribution in [0.25, 0.3) is 43.5 Å². The van der Waals surface area contributed by atoms with E-state index in [0.717, 1.165) is 0 Å². The lowest BCUT2D eigenvalue weighted by Gasteiger charge is -2.01. The Morgan fingerprint density at radius 3 is 1.20 bits per heavy atom. The maximum atomic E-state index is 12.7. The van der Waals surface area contributed by atoms with Gasteiger partial charge in [-0.3, -0.25) is 4.79 Å². The quantitative estimate of drug-likeness (QED) is 0.379. The van der Waals surface area contributed by atoms with Gasteiger partial charge < -0.3 is 13.3 Å². The third-order valence-electron chi connectivity index (χ3n) is 4.20. The summed E-state index contributed by atoms with van der Waals surface area (Å²) in [4.78, 5) is 59.3. The monoisotopic (exact) mass is 336 g/mol. The van der Waals surface area contributed by atoms with Gasteiger partial charge in [-0.15, -0.1) is 0 Å². The molecule has 5 rings (SSSR count). The summed E-state index contributed by atoms with van der Waals surface area (Å²) in [5.74, 6) is 0. The highest BCUT2D eigenvalue weighted by atomic mass is 16.4. The van der Waals surface area contributed by atoms with Gasteiger partial charge >= 0.3 is 22.5 Å². The fourth-order valence-electron chi connectivity index (χ4n) is 3.01. The van der Waals surface area contributed by atoms with E-state index in [0.29, 0.717) is 0 Å². The van der Waals surface area contributed by atoms with E-state index in [1.165, 1.54) is 24.3 Å². The second kappa shape index (κ2) is 4.18. The number of hydrogen-bond acceptors (Lipinski definition) is 8. The Kier molecular flexibility index (Phi) is 2.27. The zero-order chi connectivity index (χ0) is 17.5. The largest absolute Gasteiger partial charge is 0.456 e. The zero-order valence-electron chi connectivity index (χ0n) is 12.1. The zero-order valence-corrected chi connectivity index (χ0v) is 12.1. The van der Waals surface area contributed by atoms with Crippen LogP contribution in [0.5, 0.6) is 0 Å². The van der Waals surface area contributed by atoms with Crippen molar-refractivity contribution in [3.8, 4) is 0 Å². The Morgan fingerprint density at radius 2 is 0.800 bits per heavy atom. The molecule has 0 bridgehead atoms. The molecular formula is C17H4O8. The van der Waals surface area contributed by atoms with Crippen molar-refractivity contribution in [1.29, 1.82) is 0 Å². The Balaban J connectivity index is 2.09. The van der Waals surface area contributed by atoms with E-state index in [2.05, 4.69) is 8.83 Å². The lowest BCUT2D eigenvalue weighted by atomic mass is 10.1. The van der Waals surface area contributed by atoms with Crippen molar-refractivity contribution in [3.63, 3.8) is 0 Å². The molecular weight excluding hydrogens is 332 g/mol. The molecule has 8 nitrogen and oxygen atoms in total. The first kappa shape index (κ1) is 13.6. The van der Waals surface area contributed by atoms with Gasteiger partial charge in [0.2, 0.25) is 5.43 Å². The highest BCUT2D eigenvalue weighted by Gasteiger charge is 2.17. The molecule has 0 saturated carbocycles. The fraction of sp³-hybridized carbons (Fsp3) is 0. The van der Waals surface area contributed by atoms with Crippen LogP contribution in [0.4, 0.5) is 0 Å². The SMILES string of the molecule is O=c1c2cc3c(=O)oc(=O)c3cc2oc2cc3c(=O)oc(=O)c3cc12. The normalized spacial score (nSPS) is 12.0. The van der Waals surface area contributed by atoms with Gasteiger partial charge in [0.05, 0.1) is 32.3 Å². The number of hydrogen-bond donors (Lipinski definition) is 0. The standard InChI is InChI=1S/C17H4O8/c18-13-9-1-5-7(16(21)24-14(5)19)3-11(9)23-12-4-8-6(2-10(12)13)15(20)25-17(8)22/h1-4H. The van der Waals surface area contributed by atoms with Crippen LogP contribution in [-0.4, -0.2) is 0 Å². The summed E-state index contributed by atoms with van der Waals surface area (Å²) in [6.45, 7) is 0. The molecule has 3 heterocycles. The lowest BCUT2D eigenvalue weighted by Crippen LogP contribution is -2.04. The smallest absolute Gasteiger partial charge is 0.347 e. The third kappa shape index (κ3) is 1.62. The van der Waals surface area contributed by atoms with E-state index in [1.54, 1.807) is 0 Å². The van der Waals surface area contributed by atoms with Gasteiger partial charge in [0.15, 0.2) is 0 Å². The van der Waals surface area contributed by atoms with Crippen LogP contribution in [0.1, 0.15) is 0 Å². The molecule has 3 aromatic heterocycles. The summed E-state index contributed by atoms with van der Waals surface area (Å²) in [5.41, 5.74) is -3.74. The minimum Gasteiger partial charge on any atom is -0.456 e. The average Bonchev–Trinajstić information content (AvgIpc) is 3.01. The first-order valence-corrected chi connectivity index (χ1v) is 7.05. The van der Waals surface area contributed by atoms with E-state index < -0.39 is 27.9 Å². The minimum absolute atomic E-state index is 0.00394. The van der Waals surface area contributed by atoms with Crippen LogP contribution < -0.4 is 27.9 Å². The fourth-order valence-corrected chi connectivity index (χ4v) is 3.01. The van der Waals surface area contributed by atoms with Gasteiger partial charge in [-0.05, 0) is 24.3 Å². The molecule has 5 aromatic rings. The molecule has 0 amide bonds. The second-order valence-corrected chi connectivity index (χ2v) is 5.57. The third-order valence-corrected chi connectivity index (χ3v) is 4.20. The predicted molar refractivity (Wildman–Crippen MR) is 87.0 cm³/mol. The van der Waals surface area contributed by atoms with E-state index in [1.807, 2.05) is 0 Å². The number of fused-ring (bicyclic) bond motifs is 4. The Labute approximate surface area is 133 Å². The summed E-state index contributed by atoms with van der Waals surface area (Å²) in [5, 5.41) is 0.0392. The predicted octanol–water partition coefficient (Wildman–Crippen LogP) is 0.755. The molecule has 0 unspecified atom stereocenters. The van der Waals surface area contributed by atoms with Crippen LogP contribution >= 0.6 is 0 Å². The van der Waals surface area contributed by atoms with Gasteiger partial charge in [-0.25, -0.2) is 19.2 Å². The van der Waals surface area contributed by atoms with E-state index in [9.17, 15) is 24.0 Å². The highest BCUT2D eigenvalue weighted by Crippen LogP contribution is 2.24. The van der Waals surface area contributed by atoms with Crippen LogP contribution in [0, 0.1) is 0 Å². The van der Waals surface area contributed by atoms with Crippen LogP contribution in [0.3, 0.4) is 0 Å². The Morgan fingerprint density at radius 1 is 0.440 bits per heavy atom. The highest BCUT2D eigenvalue weighted by molar-refractivity contribution is 6.02. The molecule has 0 saturated heterocycles. The second-order valence-electron chi connectivity index (χ2n) is 5.57. The first-order chi connectivity index (χ1) is 11.9. The molecule has 120 valence electrons. The summed E-state index contributed by atoms with van der Waals surface area (Å²) < 4.78 is 14.6. The topological polar surface area (TPSA) is 125 Å². The first-order valence-electron chi connectivity index (χ1n) is 7.05. The van der Waals surface area contributed by atoms with E-state index in [-0.39, 0.29) is 43.5 Å². The van der Waals surface area contributed by atoms with E-state index in [4.69, 9.17) is 4.42 Å². The summed E-state index contributed by atoms with van der Waals surface area (Å²) >= 11 is 0. The van der Waals surface area contributed by atoms with Crippen molar-refractivity contribution in [2.75, 3.05) is 0 Å². The van der Waals surface area contributed by atoms with E-state index >= 15 is 0 Å². The molecule has 8 heteroatoms. The maximum absolute atomic E-state index is 12.7. The number of rotatable bonds is 0. The van der Waals surface area contributed by atoms with Gasteiger partial charge in [0, 0.05) is 0 Å². The van der Waals surface area contributed by atoms with Gasteiger partial charge in [-0.1, -0.05) is 0 Å². The average molecular weight is 336 g/mol. The van der Waals surface area contributed by atoms with Crippen molar-refractivity contribution >= 4 is 43.5 Å². The molecule has 2 aromatic carbocycles. The summed E-state index contributed by atoms with van der Waals surface area (Å²) in [6, 6.07) is 4.94. The van der Waals surface area contributed by atoms with Crippen molar-refractivity contribution < 1.29 is 13.3 Å². The van der Waals surface area contributed by atoms with Crippen molar-refractivity contribution in [2.45, 2.75) is 0 Å². The van der Waals surface area contributed by atoms with Gasteiger partial charge in [-0.2, -0.15) is 0 Å². The molecule has 0 atom stereocenters. The van der Waals surface area contributed by atoms with Crippen LogP contribution in [0.2, 0.25) is 0 Å². The van der Waals surface area contributed by atoms with Crippen molar-refractivity contribution in [2.24, 2.45) is 0 Å². The number of benzene rings is 2. The van der Waals surface area contributed by atoms with Crippen LogP contribution in [0.15, 0.2) is 61.5 Å². The summed E-state index contributed by atoms with van der Waals surface area (Å²) in [7, 11) is 0. The molecule has 0 N–H and O–H groups in total. The molecule has 0 aliphatic rings. The van der Waals surface area contributed by atoms with Crippen molar-refractivity contribution in [1.82, 2.24) is 0 Å². The maximum Gasteiger partial charge on any atom is 0.347 e. The van der Waals surface area contributed by atoms with Gasteiger partial charge in [0.25, 0.3) is 0 Å². The van der Waals surface area contributed by atoms with Crippen LogP contribution in [-0.2, 0) is 0 Å². The Bertz CT molecular complexity index is 1510. The molecule has 0 fully saturated rings. The molecule has 0 aliphatic heterocycles. The molecule has 25 heavy (non-hydrogen) atoms. The molecule has 0 spiro atoms.